The zero-order valence-corrected chi connectivity index (χ0v) is 20.7. The van der Waals surface area contributed by atoms with Crippen LogP contribution in [0.25, 0.3) is 0 Å². The number of fused-ring (bicyclic) bond motifs is 1. The second-order valence-electron chi connectivity index (χ2n) is 9.30. The van der Waals surface area contributed by atoms with E-state index < -0.39 is 17.4 Å². The van der Waals surface area contributed by atoms with Gasteiger partial charge in [-0.2, -0.15) is 5.10 Å². The van der Waals surface area contributed by atoms with E-state index in [1.54, 1.807) is 26.0 Å². The lowest BCUT2D eigenvalue weighted by Gasteiger charge is -2.44. The first-order valence-electron chi connectivity index (χ1n) is 11.9. The third kappa shape index (κ3) is 4.56. The molecule has 1 fully saturated rings. The Morgan fingerprint density at radius 3 is 2.59 bits per heavy atom. The van der Waals surface area contributed by atoms with Crippen LogP contribution in [0.4, 0.5) is 5.69 Å². The molecule has 1 aliphatic heterocycles. The number of aryl methyl sites for hydroxylation is 1. The Labute approximate surface area is 204 Å². The molecular formula is C25H31ClN4O4. The number of hydrogen-bond donors (Lipinski definition) is 1. The molecule has 0 radical (unpaired) electrons. The smallest absolute Gasteiger partial charge is 0.358 e. The summed E-state index contributed by atoms with van der Waals surface area (Å²) >= 11 is 6.29. The maximum Gasteiger partial charge on any atom is 0.358 e. The first-order valence-corrected chi connectivity index (χ1v) is 12.3. The van der Waals surface area contributed by atoms with E-state index in [0.717, 1.165) is 31.2 Å². The van der Waals surface area contributed by atoms with Gasteiger partial charge in [0, 0.05) is 22.8 Å². The van der Waals surface area contributed by atoms with Crippen molar-refractivity contribution >= 4 is 35.1 Å². The van der Waals surface area contributed by atoms with Gasteiger partial charge < -0.3 is 10.1 Å². The number of hydrogen-bond acceptors (Lipinski definition) is 5. The molecule has 1 atom stereocenters. The minimum absolute atomic E-state index is 0.0430. The predicted octanol–water partition coefficient (Wildman–Crippen LogP) is 4.28. The number of benzene rings is 1. The molecule has 8 nitrogen and oxygen atoms in total. The van der Waals surface area contributed by atoms with Crippen LogP contribution in [-0.2, 0) is 16.1 Å². The zero-order valence-electron chi connectivity index (χ0n) is 19.9. The minimum Gasteiger partial charge on any atom is -0.461 e. The number of nitrogens with one attached hydrogen (secondary N) is 1. The molecule has 0 saturated heterocycles. The third-order valence-corrected chi connectivity index (χ3v) is 6.96. The van der Waals surface area contributed by atoms with Gasteiger partial charge >= 0.3 is 5.97 Å². The molecule has 2 aliphatic rings. The number of esters is 1. The van der Waals surface area contributed by atoms with Crippen molar-refractivity contribution in [1.29, 1.82) is 0 Å². The summed E-state index contributed by atoms with van der Waals surface area (Å²) in [5, 5.41) is 7.99. The van der Waals surface area contributed by atoms with Gasteiger partial charge in [0.15, 0.2) is 5.69 Å². The first kappa shape index (κ1) is 24.3. The number of carbonyl (C=O) groups excluding carboxylic acids is 3. The van der Waals surface area contributed by atoms with E-state index in [2.05, 4.69) is 10.4 Å². The molecule has 0 unspecified atom stereocenters. The van der Waals surface area contributed by atoms with Crippen molar-refractivity contribution in [2.45, 2.75) is 77.4 Å². The van der Waals surface area contributed by atoms with E-state index in [1.807, 2.05) is 13.0 Å². The van der Waals surface area contributed by atoms with Crippen molar-refractivity contribution in [3.05, 3.63) is 46.2 Å². The van der Waals surface area contributed by atoms with Crippen LogP contribution in [-0.4, -0.2) is 45.8 Å². The van der Waals surface area contributed by atoms with Crippen LogP contribution in [0.2, 0.25) is 5.02 Å². The maximum atomic E-state index is 13.8. The Morgan fingerprint density at radius 1 is 1.21 bits per heavy atom. The zero-order chi connectivity index (χ0) is 24.5. The average molecular weight is 487 g/mol. The highest BCUT2D eigenvalue weighted by atomic mass is 35.5. The van der Waals surface area contributed by atoms with Crippen molar-refractivity contribution < 1.29 is 19.1 Å². The SMILES string of the molecule is CCOC(=O)c1cc2n(n1)C[C@](C)(C(=O)NC1CCCCCC1)N(c1cc(Cl)ccc1C)C2=O. The Bertz CT molecular complexity index is 1110. The van der Waals surface area contributed by atoms with Gasteiger partial charge in [0.25, 0.3) is 5.91 Å². The molecule has 2 aromatic rings. The topological polar surface area (TPSA) is 93.5 Å². The van der Waals surface area contributed by atoms with Gasteiger partial charge in [-0.05, 0) is 51.3 Å². The van der Waals surface area contributed by atoms with Crippen molar-refractivity contribution in [2.75, 3.05) is 11.5 Å². The van der Waals surface area contributed by atoms with Crippen LogP contribution in [0.1, 0.15) is 78.9 Å². The molecule has 1 aromatic carbocycles. The largest absolute Gasteiger partial charge is 0.461 e. The van der Waals surface area contributed by atoms with E-state index >= 15 is 0 Å². The van der Waals surface area contributed by atoms with Gasteiger partial charge in [-0.25, -0.2) is 4.79 Å². The number of anilines is 1. The molecule has 34 heavy (non-hydrogen) atoms. The average Bonchev–Trinajstić information content (AvgIpc) is 3.05. The van der Waals surface area contributed by atoms with Crippen LogP contribution in [0.15, 0.2) is 24.3 Å². The fourth-order valence-corrected chi connectivity index (χ4v) is 5.02. The highest BCUT2D eigenvalue weighted by molar-refractivity contribution is 6.31. The van der Waals surface area contributed by atoms with Crippen LogP contribution in [0.5, 0.6) is 0 Å². The quantitative estimate of drug-likeness (QED) is 0.503. The van der Waals surface area contributed by atoms with Crippen molar-refractivity contribution in [3.8, 4) is 0 Å². The molecule has 0 spiro atoms. The second kappa shape index (κ2) is 9.78. The number of amides is 2. The van der Waals surface area contributed by atoms with Crippen LogP contribution in [0, 0.1) is 6.92 Å². The predicted molar refractivity (Wildman–Crippen MR) is 129 cm³/mol. The summed E-state index contributed by atoms with van der Waals surface area (Å²) < 4.78 is 6.50. The Hall–Kier alpha value is -2.87. The molecular weight excluding hydrogens is 456 g/mol. The molecule has 1 saturated carbocycles. The lowest BCUT2D eigenvalue weighted by atomic mass is 9.92. The summed E-state index contributed by atoms with van der Waals surface area (Å²) in [6.07, 6.45) is 6.33. The van der Waals surface area contributed by atoms with E-state index in [9.17, 15) is 14.4 Å². The normalized spacial score (nSPS) is 21.1. The minimum atomic E-state index is -1.27. The summed E-state index contributed by atoms with van der Waals surface area (Å²) in [7, 11) is 0. The molecule has 9 heteroatoms. The summed E-state index contributed by atoms with van der Waals surface area (Å²) in [5.74, 6) is -1.27. The van der Waals surface area contributed by atoms with Crippen molar-refractivity contribution in [3.63, 3.8) is 0 Å². The summed E-state index contributed by atoms with van der Waals surface area (Å²) in [6, 6.07) is 6.77. The molecule has 0 bridgehead atoms. The second-order valence-corrected chi connectivity index (χ2v) is 9.74. The van der Waals surface area contributed by atoms with Crippen molar-refractivity contribution in [1.82, 2.24) is 15.1 Å². The standard InChI is InChI=1S/C25H31ClN4O4/c1-4-34-23(32)19-14-21-22(31)30(20-13-17(26)12-11-16(20)2)25(3,15-29(21)28-19)24(33)27-18-9-7-5-6-8-10-18/h11-14,18H,4-10,15H2,1-3H3,(H,27,33)/t25-/m1/s1. The summed E-state index contributed by atoms with van der Waals surface area (Å²) in [6.45, 7) is 5.62. The fourth-order valence-electron chi connectivity index (χ4n) is 4.85. The van der Waals surface area contributed by atoms with E-state index in [4.69, 9.17) is 16.3 Å². The first-order chi connectivity index (χ1) is 16.2. The number of rotatable bonds is 5. The molecule has 1 aromatic heterocycles. The van der Waals surface area contributed by atoms with E-state index in [0.29, 0.717) is 10.7 Å². The Morgan fingerprint density at radius 2 is 1.91 bits per heavy atom. The number of aromatic nitrogens is 2. The monoisotopic (exact) mass is 486 g/mol. The van der Waals surface area contributed by atoms with Gasteiger partial charge in [-0.15, -0.1) is 0 Å². The number of carbonyl (C=O) groups is 3. The van der Waals surface area contributed by atoms with E-state index in [-0.39, 0.29) is 36.5 Å². The molecule has 2 heterocycles. The lowest BCUT2D eigenvalue weighted by Crippen LogP contribution is -2.65. The highest BCUT2D eigenvalue weighted by Crippen LogP contribution is 2.36. The molecule has 1 aliphatic carbocycles. The molecule has 1 N–H and O–H groups in total. The van der Waals surface area contributed by atoms with Crippen molar-refractivity contribution in [2.24, 2.45) is 0 Å². The van der Waals surface area contributed by atoms with Gasteiger partial charge in [-0.1, -0.05) is 43.4 Å². The Kier molecular flexibility index (Phi) is 6.98. The van der Waals surface area contributed by atoms with Crippen LogP contribution < -0.4 is 10.2 Å². The van der Waals surface area contributed by atoms with Gasteiger partial charge in [0.2, 0.25) is 5.91 Å². The number of ether oxygens (including phenoxy) is 1. The highest BCUT2D eigenvalue weighted by Gasteiger charge is 2.50. The third-order valence-electron chi connectivity index (χ3n) is 6.73. The van der Waals surface area contributed by atoms with Crippen LogP contribution >= 0.6 is 11.6 Å². The van der Waals surface area contributed by atoms with Crippen LogP contribution in [0.3, 0.4) is 0 Å². The summed E-state index contributed by atoms with van der Waals surface area (Å²) in [5.41, 5.74) is 0.360. The van der Waals surface area contributed by atoms with Gasteiger partial charge in [0.1, 0.15) is 11.2 Å². The number of nitrogens with zero attached hydrogens (tertiary/aromatic N) is 3. The molecule has 182 valence electrons. The maximum absolute atomic E-state index is 13.8. The number of halogens is 1. The summed E-state index contributed by atoms with van der Waals surface area (Å²) in [4.78, 5) is 41.4. The van der Waals surface area contributed by atoms with Gasteiger partial charge in [-0.3, -0.25) is 19.2 Å². The molecule has 2 amide bonds. The Balaban J connectivity index is 1.77. The fraction of sp³-hybridized carbons (Fsp3) is 0.520. The lowest BCUT2D eigenvalue weighted by molar-refractivity contribution is -0.127. The molecule has 4 rings (SSSR count). The van der Waals surface area contributed by atoms with E-state index in [1.165, 1.54) is 28.5 Å². The van der Waals surface area contributed by atoms with Gasteiger partial charge in [0.05, 0.1) is 13.2 Å².